The Hall–Kier alpha value is -1.75. The second-order valence-corrected chi connectivity index (χ2v) is 10.9. The summed E-state index contributed by atoms with van der Waals surface area (Å²) >= 11 is 0. The Morgan fingerprint density at radius 2 is 1.78 bits per heavy atom. The van der Waals surface area contributed by atoms with Crippen LogP contribution < -0.4 is 0 Å². The monoisotopic (exact) mass is 518 g/mol. The second kappa shape index (κ2) is 21.2. The average Bonchev–Trinajstić information content (AvgIpc) is 3.24. The third-order valence-electron chi connectivity index (χ3n) is 7.32. The Labute approximate surface area is 229 Å². The van der Waals surface area contributed by atoms with E-state index in [1.807, 2.05) is 26.0 Å². The van der Waals surface area contributed by atoms with Gasteiger partial charge in [0.05, 0.1) is 18.6 Å². The molecule has 1 heterocycles. The molecule has 5 heteroatoms. The number of rotatable bonds is 21. The lowest BCUT2D eigenvalue weighted by atomic mass is 9.94. The molecule has 1 rings (SSSR count). The zero-order valence-corrected chi connectivity index (χ0v) is 25.1. The molecule has 0 N–H and O–H groups in total. The SMILES string of the molecule is C/C=C/OCO/C(C)=C/C=C/C1CC(C[C@H](C)CCC)N(CC(=O)N(CCCC)CCCCCCC)C1. The quantitative estimate of drug-likeness (QED) is 0.0666. The van der Waals surface area contributed by atoms with E-state index in [4.69, 9.17) is 9.47 Å². The Balaban J connectivity index is 2.76. The average molecular weight is 519 g/mol. The van der Waals surface area contributed by atoms with Gasteiger partial charge in [0.15, 0.2) is 0 Å². The highest BCUT2D eigenvalue weighted by atomic mass is 16.7. The first kappa shape index (κ1) is 33.3. The molecule has 1 saturated heterocycles. The van der Waals surface area contributed by atoms with Crippen molar-refractivity contribution in [2.75, 3.05) is 33.0 Å². The van der Waals surface area contributed by atoms with Crippen LogP contribution in [0.25, 0.3) is 0 Å². The summed E-state index contributed by atoms with van der Waals surface area (Å²) < 4.78 is 10.8. The highest BCUT2D eigenvalue weighted by Crippen LogP contribution is 2.30. The number of ether oxygens (including phenoxy) is 2. The van der Waals surface area contributed by atoms with Gasteiger partial charge in [0.1, 0.15) is 0 Å². The van der Waals surface area contributed by atoms with Gasteiger partial charge in [0.25, 0.3) is 0 Å². The summed E-state index contributed by atoms with van der Waals surface area (Å²) in [6.07, 6.45) is 23.1. The third kappa shape index (κ3) is 15.3. The van der Waals surface area contributed by atoms with E-state index in [9.17, 15) is 4.79 Å². The van der Waals surface area contributed by atoms with E-state index in [2.05, 4.69) is 49.6 Å². The lowest BCUT2D eigenvalue weighted by Crippen LogP contribution is -2.43. The lowest BCUT2D eigenvalue weighted by Gasteiger charge is -2.30. The van der Waals surface area contributed by atoms with Gasteiger partial charge in [-0.15, -0.1) is 0 Å². The molecule has 0 saturated carbocycles. The number of unbranched alkanes of at least 4 members (excludes halogenated alkanes) is 5. The molecule has 0 radical (unpaired) electrons. The largest absolute Gasteiger partial charge is 0.465 e. The first-order chi connectivity index (χ1) is 17.9. The highest BCUT2D eigenvalue weighted by Gasteiger charge is 2.33. The number of carbonyl (C=O) groups excluding carboxylic acids is 1. The normalized spacial score (nSPS) is 19.7. The Morgan fingerprint density at radius 1 is 1.05 bits per heavy atom. The van der Waals surface area contributed by atoms with E-state index < -0.39 is 0 Å². The van der Waals surface area contributed by atoms with Crippen LogP contribution in [-0.2, 0) is 14.3 Å². The molecule has 0 bridgehead atoms. The number of allylic oxidation sites excluding steroid dienone is 4. The first-order valence-corrected chi connectivity index (χ1v) is 15.2. The van der Waals surface area contributed by atoms with E-state index in [0.717, 1.165) is 51.1 Å². The van der Waals surface area contributed by atoms with Crippen LogP contribution in [0.5, 0.6) is 0 Å². The maximum atomic E-state index is 13.5. The summed E-state index contributed by atoms with van der Waals surface area (Å²) in [4.78, 5) is 18.1. The summed E-state index contributed by atoms with van der Waals surface area (Å²) in [5.74, 6) is 2.32. The molecule has 0 spiro atoms. The minimum absolute atomic E-state index is 0.227. The van der Waals surface area contributed by atoms with Gasteiger partial charge in [0.2, 0.25) is 12.7 Å². The van der Waals surface area contributed by atoms with Crippen molar-refractivity contribution in [3.8, 4) is 0 Å². The molecule has 1 aliphatic heterocycles. The molecule has 3 atom stereocenters. The van der Waals surface area contributed by atoms with Crippen LogP contribution in [0, 0.1) is 11.8 Å². The number of hydrogen-bond donors (Lipinski definition) is 0. The summed E-state index contributed by atoms with van der Waals surface area (Å²) in [5, 5.41) is 0. The molecule has 1 amide bonds. The van der Waals surface area contributed by atoms with Gasteiger partial charge < -0.3 is 14.4 Å². The van der Waals surface area contributed by atoms with Gasteiger partial charge in [-0.05, 0) is 57.4 Å². The van der Waals surface area contributed by atoms with Crippen molar-refractivity contribution in [2.45, 2.75) is 118 Å². The maximum Gasteiger partial charge on any atom is 0.236 e. The smallest absolute Gasteiger partial charge is 0.236 e. The van der Waals surface area contributed by atoms with Crippen LogP contribution in [0.15, 0.2) is 36.3 Å². The molecule has 1 fully saturated rings. The molecule has 0 aromatic rings. The van der Waals surface area contributed by atoms with E-state index in [1.54, 1.807) is 6.26 Å². The topological polar surface area (TPSA) is 42.0 Å². The van der Waals surface area contributed by atoms with Crippen LogP contribution in [0.2, 0.25) is 0 Å². The van der Waals surface area contributed by atoms with Crippen molar-refractivity contribution in [2.24, 2.45) is 11.8 Å². The summed E-state index contributed by atoms with van der Waals surface area (Å²) in [7, 11) is 0. The maximum absolute atomic E-state index is 13.5. The van der Waals surface area contributed by atoms with Gasteiger partial charge >= 0.3 is 0 Å². The number of amides is 1. The fourth-order valence-electron chi connectivity index (χ4n) is 5.23. The zero-order chi connectivity index (χ0) is 27.3. The number of hydrogen-bond acceptors (Lipinski definition) is 4. The Kier molecular flexibility index (Phi) is 19.1. The minimum Gasteiger partial charge on any atom is -0.465 e. The van der Waals surface area contributed by atoms with Gasteiger partial charge in [-0.25, -0.2) is 0 Å². The van der Waals surface area contributed by atoms with E-state index in [1.165, 1.54) is 44.9 Å². The van der Waals surface area contributed by atoms with Gasteiger partial charge in [-0.1, -0.05) is 90.9 Å². The summed E-state index contributed by atoms with van der Waals surface area (Å²) in [5.41, 5.74) is 0. The lowest BCUT2D eigenvalue weighted by molar-refractivity contribution is -0.133. The molecule has 0 aromatic carbocycles. The standard InChI is InChI=1S/C32H58N2O3/c1-7-11-13-14-15-21-33(20-12-8-2)32(35)26-34-25-30(24-31(34)23-28(5)17-9-3)19-16-18-29(6)37-27-36-22-10-4/h10,16,18-19,22,28,30-31H,7-9,11-15,17,20-21,23-27H2,1-6H3/b19-16+,22-10+,29-18+/t28-,30?,31?/m1/s1. The zero-order valence-electron chi connectivity index (χ0n) is 25.1. The van der Waals surface area contributed by atoms with E-state index in [-0.39, 0.29) is 6.79 Å². The van der Waals surface area contributed by atoms with Gasteiger partial charge in [-0.3, -0.25) is 9.69 Å². The molecular weight excluding hydrogens is 460 g/mol. The molecule has 2 unspecified atom stereocenters. The molecule has 37 heavy (non-hydrogen) atoms. The van der Waals surface area contributed by atoms with Crippen LogP contribution >= 0.6 is 0 Å². The Bertz CT molecular complexity index is 673. The summed E-state index contributed by atoms with van der Waals surface area (Å²) in [6.45, 7) is 16.5. The molecule has 0 aromatic heterocycles. The van der Waals surface area contributed by atoms with E-state index >= 15 is 0 Å². The minimum atomic E-state index is 0.227. The fraction of sp³-hybridized carbons (Fsp3) is 0.781. The number of carbonyl (C=O) groups is 1. The fourth-order valence-corrected chi connectivity index (χ4v) is 5.23. The molecule has 5 nitrogen and oxygen atoms in total. The highest BCUT2D eigenvalue weighted by molar-refractivity contribution is 5.78. The Morgan fingerprint density at radius 3 is 2.49 bits per heavy atom. The predicted octanol–water partition coefficient (Wildman–Crippen LogP) is 8.09. The van der Waals surface area contributed by atoms with Crippen LogP contribution in [-0.4, -0.2) is 54.7 Å². The van der Waals surface area contributed by atoms with Crippen molar-refractivity contribution < 1.29 is 14.3 Å². The van der Waals surface area contributed by atoms with Crippen molar-refractivity contribution in [3.05, 3.63) is 36.3 Å². The number of likely N-dealkylation sites (tertiary alicyclic amines) is 1. The van der Waals surface area contributed by atoms with Crippen LogP contribution in [0.3, 0.4) is 0 Å². The molecule has 1 aliphatic rings. The molecular formula is C32H58N2O3. The van der Waals surface area contributed by atoms with Crippen molar-refractivity contribution in [1.82, 2.24) is 9.80 Å². The van der Waals surface area contributed by atoms with E-state index in [0.29, 0.717) is 30.3 Å². The van der Waals surface area contributed by atoms with Gasteiger partial charge in [-0.2, -0.15) is 0 Å². The predicted molar refractivity (Wildman–Crippen MR) is 157 cm³/mol. The second-order valence-electron chi connectivity index (χ2n) is 10.9. The summed E-state index contributed by atoms with van der Waals surface area (Å²) in [6, 6.07) is 0.480. The molecule has 0 aliphatic carbocycles. The van der Waals surface area contributed by atoms with Crippen LogP contribution in [0.1, 0.15) is 112 Å². The van der Waals surface area contributed by atoms with Gasteiger partial charge in [0, 0.05) is 25.7 Å². The molecule has 214 valence electrons. The number of nitrogens with zero attached hydrogens (tertiary/aromatic N) is 2. The third-order valence-corrected chi connectivity index (χ3v) is 7.32. The van der Waals surface area contributed by atoms with Crippen molar-refractivity contribution in [1.29, 1.82) is 0 Å². The first-order valence-electron chi connectivity index (χ1n) is 15.2. The van der Waals surface area contributed by atoms with Crippen molar-refractivity contribution >= 4 is 5.91 Å². The van der Waals surface area contributed by atoms with Crippen LogP contribution in [0.4, 0.5) is 0 Å². The van der Waals surface area contributed by atoms with Crippen molar-refractivity contribution in [3.63, 3.8) is 0 Å².